The van der Waals surface area contributed by atoms with Gasteiger partial charge in [0.1, 0.15) is 0 Å². The highest BCUT2D eigenvalue weighted by molar-refractivity contribution is 5.74. The number of carbonyl (C=O) groups is 1. The maximum Gasteiger partial charge on any atom is 0.317 e. The van der Waals surface area contributed by atoms with Crippen molar-refractivity contribution in [3.8, 4) is 0 Å². The molecule has 6 nitrogen and oxygen atoms in total. The molecule has 0 spiro atoms. The Hall–Kier alpha value is -0.850. The van der Waals surface area contributed by atoms with E-state index in [0.29, 0.717) is 45.6 Å². The summed E-state index contributed by atoms with van der Waals surface area (Å²) in [5.41, 5.74) is 0. The van der Waals surface area contributed by atoms with E-state index >= 15 is 0 Å². The van der Waals surface area contributed by atoms with Crippen molar-refractivity contribution in [1.82, 2.24) is 15.5 Å². The third-order valence-corrected chi connectivity index (χ3v) is 3.32. The zero-order valence-corrected chi connectivity index (χ0v) is 10.8. The van der Waals surface area contributed by atoms with Crippen molar-refractivity contribution in [2.75, 3.05) is 52.5 Å². The number of hydrogen-bond donors (Lipinski definition) is 2. The molecule has 2 fully saturated rings. The van der Waals surface area contributed by atoms with Crippen LogP contribution >= 0.6 is 0 Å². The summed E-state index contributed by atoms with van der Waals surface area (Å²) in [6.45, 7) is 5.89. The number of piperidine rings is 1. The first-order valence-electron chi connectivity index (χ1n) is 6.79. The van der Waals surface area contributed by atoms with E-state index in [2.05, 4.69) is 10.6 Å². The minimum Gasteiger partial charge on any atom is -0.378 e. The van der Waals surface area contributed by atoms with Crippen LogP contribution in [0.1, 0.15) is 12.8 Å². The molecule has 0 unspecified atom stereocenters. The molecule has 6 heteroatoms. The molecule has 0 aliphatic carbocycles. The molecule has 0 aromatic rings. The second kappa shape index (κ2) is 7.56. The van der Waals surface area contributed by atoms with Crippen molar-refractivity contribution in [1.29, 1.82) is 0 Å². The highest BCUT2D eigenvalue weighted by Gasteiger charge is 2.16. The summed E-state index contributed by atoms with van der Waals surface area (Å²) in [6, 6.07) is -0.00721. The van der Waals surface area contributed by atoms with Gasteiger partial charge in [0.05, 0.1) is 25.9 Å². The van der Waals surface area contributed by atoms with E-state index in [1.807, 2.05) is 0 Å². The number of nitrogens with zero attached hydrogens (tertiary/aromatic N) is 1. The molecular weight excluding hydrogens is 234 g/mol. The van der Waals surface area contributed by atoms with Gasteiger partial charge in [-0.1, -0.05) is 0 Å². The molecule has 2 heterocycles. The molecule has 0 aromatic carbocycles. The van der Waals surface area contributed by atoms with Crippen LogP contribution in [0.3, 0.4) is 0 Å². The number of urea groups is 1. The van der Waals surface area contributed by atoms with Crippen molar-refractivity contribution in [2.45, 2.75) is 18.9 Å². The Morgan fingerprint density at radius 3 is 2.78 bits per heavy atom. The summed E-state index contributed by atoms with van der Waals surface area (Å²) in [7, 11) is 0. The molecule has 2 amide bonds. The zero-order chi connectivity index (χ0) is 12.6. The van der Waals surface area contributed by atoms with Crippen LogP contribution in [0.5, 0.6) is 0 Å². The molecule has 2 rings (SSSR count). The first-order valence-corrected chi connectivity index (χ1v) is 6.79. The number of ether oxygens (including phenoxy) is 2. The molecule has 2 N–H and O–H groups in total. The van der Waals surface area contributed by atoms with Crippen molar-refractivity contribution >= 4 is 6.03 Å². The van der Waals surface area contributed by atoms with E-state index in [1.165, 1.54) is 0 Å². The lowest BCUT2D eigenvalue weighted by molar-refractivity contribution is 0.0327. The number of nitrogens with one attached hydrogen (secondary N) is 2. The zero-order valence-electron chi connectivity index (χ0n) is 10.8. The monoisotopic (exact) mass is 257 g/mol. The van der Waals surface area contributed by atoms with Gasteiger partial charge in [0.2, 0.25) is 0 Å². The summed E-state index contributed by atoms with van der Waals surface area (Å²) in [5.74, 6) is 0. The molecule has 104 valence electrons. The number of hydrogen-bond acceptors (Lipinski definition) is 4. The molecule has 2 aliphatic heterocycles. The van der Waals surface area contributed by atoms with Gasteiger partial charge in [-0.25, -0.2) is 4.79 Å². The normalized spacial score (nSPS) is 21.9. The fraction of sp³-hybridized carbons (Fsp3) is 0.917. The molecule has 2 aliphatic rings. The fourth-order valence-electron chi connectivity index (χ4n) is 2.22. The number of rotatable bonds is 4. The second-order valence-corrected chi connectivity index (χ2v) is 4.65. The Morgan fingerprint density at radius 2 is 2.06 bits per heavy atom. The minimum absolute atomic E-state index is 0.00721. The first-order chi connectivity index (χ1) is 8.86. The van der Waals surface area contributed by atoms with Gasteiger partial charge in [-0.3, -0.25) is 0 Å². The summed E-state index contributed by atoms with van der Waals surface area (Å²) < 4.78 is 10.9. The lowest BCUT2D eigenvalue weighted by Crippen LogP contribution is -2.47. The predicted molar refractivity (Wildman–Crippen MR) is 67.6 cm³/mol. The Kier molecular flexibility index (Phi) is 5.70. The van der Waals surface area contributed by atoms with Crippen LogP contribution in [-0.2, 0) is 9.47 Å². The van der Waals surface area contributed by atoms with Crippen LogP contribution in [0, 0.1) is 0 Å². The average molecular weight is 257 g/mol. The van der Waals surface area contributed by atoms with E-state index < -0.39 is 0 Å². The Labute approximate surface area is 108 Å². The molecule has 0 radical (unpaired) electrons. The number of carbonyl (C=O) groups excluding carboxylic acids is 1. The van der Waals surface area contributed by atoms with E-state index in [4.69, 9.17) is 9.47 Å². The molecular formula is C12H23N3O3. The van der Waals surface area contributed by atoms with Gasteiger partial charge in [0, 0.05) is 19.6 Å². The van der Waals surface area contributed by atoms with Crippen LogP contribution in [-0.4, -0.2) is 69.6 Å². The van der Waals surface area contributed by atoms with E-state index in [0.717, 1.165) is 25.9 Å². The van der Waals surface area contributed by atoms with Gasteiger partial charge in [0.25, 0.3) is 0 Å². The van der Waals surface area contributed by atoms with Crippen LogP contribution < -0.4 is 10.6 Å². The lowest BCUT2D eigenvalue weighted by atomic mass is 10.1. The second-order valence-electron chi connectivity index (χ2n) is 4.65. The minimum atomic E-state index is -0.00721. The summed E-state index contributed by atoms with van der Waals surface area (Å²) >= 11 is 0. The molecule has 2 saturated heterocycles. The summed E-state index contributed by atoms with van der Waals surface area (Å²) in [4.78, 5) is 13.5. The summed E-state index contributed by atoms with van der Waals surface area (Å²) in [5, 5.41) is 6.18. The Balaban J connectivity index is 1.52. The Morgan fingerprint density at radius 1 is 1.33 bits per heavy atom. The van der Waals surface area contributed by atoms with Gasteiger partial charge >= 0.3 is 6.03 Å². The first kappa shape index (κ1) is 13.6. The fourth-order valence-corrected chi connectivity index (χ4v) is 2.22. The van der Waals surface area contributed by atoms with Crippen LogP contribution in [0.2, 0.25) is 0 Å². The maximum absolute atomic E-state index is 11.7. The predicted octanol–water partition coefficient (Wildman–Crippen LogP) is -0.203. The molecule has 18 heavy (non-hydrogen) atoms. The highest BCUT2D eigenvalue weighted by atomic mass is 16.5. The number of morpholine rings is 1. The topological polar surface area (TPSA) is 62.8 Å². The highest BCUT2D eigenvalue weighted by Crippen LogP contribution is 2.06. The average Bonchev–Trinajstić information content (AvgIpc) is 2.45. The van der Waals surface area contributed by atoms with Crippen LogP contribution in [0.15, 0.2) is 0 Å². The quantitative estimate of drug-likeness (QED) is 0.685. The Bertz CT molecular complexity index is 251. The largest absolute Gasteiger partial charge is 0.378 e. The smallest absolute Gasteiger partial charge is 0.317 e. The number of amides is 2. The van der Waals surface area contributed by atoms with Crippen molar-refractivity contribution in [3.63, 3.8) is 0 Å². The van der Waals surface area contributed by atoms with Gasteiger partial charge in [-0.2, -0.15) is 0 Å². The molecule has 0 aromatic heterocycles. The molecule has 0 atom stereocenters. The van der Waals surface area contributed by atoms with Gasteiger partial charge in [-0.15, -0.1) is 0 Å². The lowest BCUT2D eigenvalue weighted by Gasteiger charge is -2.27. The van der Waals surface area contributed by atoms with E-state index in [-0.39, 0.29) is 6.03 Å². The van der Waals surface area contributed by atoms with Gasteiger partial charge in [-0.05, 0) is 25.9 Å². The molecule has 0 bridgehead atoms. The van der Waals surface area contributed by atoms with Crippen LogP contribution in [0.4, 0.5) is 4.79 Å². The van der Waals surface area contributed by atoms with Gasteiger partial charge in [0.15, 0.2) is 0 Å². The van der Waals surface area contributed by atoms with Crippen molar-refractivity contribution in [3.05, 3.63) is 0 Å². The molecule has 0 saturated carbocycles. The van der Waals surface area contributed by atoms with E-state index in [9.17, 15) is 4.79 Å². The van der Waals surface area contributed by atoms with Crippen LogP contribution in [0.25, 0.3) is 0 Å². The third-order valence-electron chi connectivity index (χ3n) is 3.32. The van der Waals surface area contributed by atoms with Crippen molar-refractivity contribution < 1.29 is 14.3 Å². The summed E-state index contributed by atoms with van der Waals surface area (Å²) in [6.07, 6.45) is 2.49. The maximum atomic E-state index is 11.7. The third kappa shape index (κ3) is 4.44. The SMILES string of the molecule is O=C(NCCOC1CCNCC1)N1CCOCC1. The van der Waals surface area contributed by atoms with E-state index in [1.54, 1.807) is 4.90 Å². The standard InChI is InChI=1S/C12H23N3O3/c16-12(15-6-9-17-10-7-15)14-5-8-18-11-1-3-13-4-2-11/h11,13H,1-10H2,(H,14,16). The van der Waals surface area contributed by atoms with Gasteiger partial charge < -0.3 is 25.0 Å². The van der Waals surface area contributed by atoms with Crippen molar-refractivity contribution in [2.24, 2.45) is 0 Å².